The predicted molar refractivity (Wildman–Crippen MR) is 130 cm³/mol. The Kier molecular flexibility index (Phi) is 8.36. The van der Waals surface area contributed by atoms with Gasteiger partial charge in [-0.1, -0.05) is 29.8 Å². The maximum atomic E-state index is 13.5. The molecule has 0 aromatic heterocycles. The van der Waals surface area contributed by atoms with E-state index in [0.717, 1.165) is 16.6 Å². The Balaban J connectivity index is 1.58. The quantitative estimate of drug-likeness (QED) is 0.415. The van der Waals surface area contributed by atoms with Gasteiger partial charge in [0.05, 0.1) is 37.2 Å². The van der Waals surface area contributed by atoms with Gasteiger partial charge in [0.15, 0.2) is 0 Å². The van der Waals surface area contributed by atoms with Crippen molar-refractivity contribution in [3.05, 3.63) is 88.7 Å². The zero-order chi connectivity index (χ0) is 24.7. The van der Waals surface area contributed by atoms with Crippen LogP contribution in [0.2, 0.25) is 5.02 Å². The molecule has 34 heavy (non-hydrogen) atoms. The van der Waals surface area contributed by atoms with Crippen LogP contribution in [0.3, 0.4) is 0 Å². The summed E-state index contributed by atoms with van der Waals surface area (Å²) in [6, 6.07) is 17.4. The molecule has 0 saturated heterocycles. The molecule has 0 atom stereocenters. The molecule has 180 valence electrons. The van der Waals surface area contributed by atoms with E-state index in [-0.39, 0.29) is 29.8 Å². The van der Waals surface area contributed by atoms with Gasteiger partial charge in [-0.05, 0) is 48.0 Å². The van der Waals surface area contributed by atoms with Gasteiger partial charge in [-0.3, -0.25) is 9.10 Å². The van der Waals surface area contributed by atoms with Crippen LogP contribution in [0.15, 0.2) is 66.7 Å². The van der Waals surface area contributed by atoms with E-state index in [0.29, 0.717) is 29.2 Å². The first kappa shape index (κ1) is 25.3. The molecule has 3 aromatic carbocycles. The van der Waals surface area contributed by atoms with Crippen LogP contribution in [0.1, 0.15) is 15.9 Å². The summed E-state index contributed by atoms with van der Waals surface area (Å²) in [5.74, 6) is 0.392. The van der Waals surface area contributed by atoms with Crippen LogP contribution in [-0.2, 0) is 16.6 Å². The summed E-state index contributed by atoms with van der Waals surface area (Å²) in [7, 11) is -2.09. The van der Waals surface area contributed by atoms with E-state index < -0.39 is 15.8 Å². The smallest absolute Gasteiger partial charge is 0.251 e. The molecule has 0 fully saturated rings. The molecule has 1 amide bonds. The number of hydrogen-bond acceptors (Lipinski definition) is 5. The lowest BCUT2D eigenvalue weighted by atomic mass is 10.1. The number of hydrogen-bond donors (Lipinski definition) is 1. The van der Waals surface area contributed by atoms with Crippen LogP contribution in [0.25, 0.3) is 0 Å². The lowest BCUT2D eigenvalue weighted by molar-refractivity contribution is 0.0947. The molecule has 3 aromatic rings. The third kappa shape index (κ3) is 6.85. The monoisotopic (exact) mass is 506 g/mol. The molecule has 1 N–H and O–H groups in total. The first-order valence-corrected chi connectivity index (χ1v) is 12.5. The van der Waals surface area contributed by atoms with Crippen molar-refractivity contribution in [1.82, 2.24) is 5.32 Å². The number of rotatable bonds is 10. The van der Waals surface area contributed by atoms with Gasteiger partial charge in [0.1, 0.15) is 23.9 Å². The Bertz CT molecular complexity index is 1250. The molecule has 0 unspecified atom stereocenters. The molecule has 0 spiro atoms. The summed E-state index contributed by atoms with van der Waals surface area (Å²) in [4.78, 5) is 12.4. The molecule has 10 heteroatoms. The number of benzene rings is 3. The lowest BCUT2D eigenvalue weighted by Crippen LogP contribution is -2.29. The van der Waals surface area contributed by atoms with Crippen molar-refractivity contribution in [2.75, 3.05) is 30.8 Å². The Labute approximate surface area is 203 Å². The van der Waals surface area contributed by atoms with Gasteiger partial charge < -0.3 is 14.8 Å². The first-order valence-electron chi connectivity index (χ1n) is 10.2. The van der Waals surface area contributed by atoms with E-state index in [9.17, 15) is 17.6 Å². The number of amides is 1. The summed E-state index contributed by atoms with van der Waals surface area (Å²) in [5.41, 5.74) is 1.30. The largest absolute Gasteiger partial charge is 0.497 e. The van der Waals surface area contributed by atoms with E-state index in [1.807, 2.05) is 12.1 Å². The number of methoxy groups -OCH3 is 1. The number of halogens is 2. The number of carbonyl (C=O) groups excluding carboxylic acids is 1. The molecule has 0 aliphatic heterocycles. The minimum absolute atomic E-state index is 0.00291. The van der Waals surface area contributed by atoms with Crippen LogP contribution in [0.5, 0.6) is 11.5 Å². The zero-order valence-electron chi connectivity index (χ0n) is 18.6. The highest BCUT2D eigenvalue weighted by molar-refractivity contribution is 7.92. The van der Waals surface area contributed by atoms with Crippen molar-refractivity contribution in [3.63, 3.8) is 0 Å². The average molecular weight is 507 g/mol. The third-order valence-electron chi connectivity index (χ3n) is 4.83. The Morgan fingerprint density at radius 3 is 2.41 bits per heavy atom. The molecular weight excluding hydrogens is 483 g/mol. The number of anilines is 1. The van der Waals surface area contributed by atoms with E-state index >= 15 is 0 Å². The second-order valence-corrected chi connectivity index (χ2v) is 9.66. The highest BCUT2D eigenvalue weighted by atomic mass is 35.5. The Morgan fingerprint density at radius 2 is 1.76 bits per heavy atom. The van der Waals surface area contributed by atoms with Crippen molar-refractivity contribution in [3.8, 4) is 11.5 Å². The predicted octanol–water partition coefficient (Wildman–Crippen LogP) is 4.26. The fourth-order valence-electron chi connectivity index (χ4n) is 3.09. The minimum Gasteiger partial charge on any atom is -0.497 e. The average Bonchev–Trinajstić information content (AvgIpc) is 2.82. The first-order chi connectivity index (χ1) is 16.2. The SMILES string of the molecule is COc1cccc(OCCNC(=O)c2ccc(CN(c3ccc(F)c(Cl)c3)S(C)(=O)=O)cc2)c1. The fourth-order valence-corrected chi connectivity index (χ4v) is 4.15. The zero-order valence-corrected chi connectivity index (χ0v) is 20.2. The molecule has 0 saturated carbocycles. The van der Waals surface area contributed by atoms with E-state index in [1.54, 1.807) is 43.5 Å². The van der Waals surface area contributed by atoms with Gasteiger partial charge in [0.2, 0.25) is 10.0 Å². The van der Waals surface area contributed by atoms with Gasteiger partial charge in [-0.25, -0.2) is 12.8 Å². The molecule has 0 aliphatic rings. The fraction of sp³-hybridized carbons (Fsp3) is 0.208. The third-order valence-corrected chi connectivity index (χ3v) is 6.26. The molecule has 0 radical (unpaired) electrons. The number of ether oxygens (including phenoxy) is 2. The maximum absolute atomic E-state index is 13.5. The van der Waals surface area contributed by atoms with Crippen LogP contribution < -0.4 is 19.1 Å². The van der Waals surface area contributed by atoms with Crippen molar-refractivity contribution >= 4 is 33.2 Å². The number of carbonyl (C=O) groups is 1. The van der Waals surface area contributed by atoms with Crippen LogP contribution >= 0.6 is 11.6 Å². The normalized spacial score (nSPS) is 11.1. The van der Waals surface area contributed by atoms with Gasteiger partial charge >= 0.3 is 0 Å². The molecule has 7 nitrogen and oxygen atoms in total. The van der Waals surface area contributed by atoms with E-state index in [4.69, 9.17) is 21.1 Å². The van der Waals surface area contributed by atoms with Crippen LogP contribution in [-0.4, -0.2) is 40.8 Å². The van der Waals surface area contributed by atoms with Gasteiger partial charge in [-0.15, -0.1) is 0 Å². The molecular formula is C24H24ClFN2O5S. The van der Waals surface area contributed by atoms with Crippen molar-refractivity contribution in [2.45, 2.75) is 6.54 Å². The molecule has 0 bridgehead atoms. The Hall–Kier alpha value is -3.30. The van der Waals surface area contributed by atoms with Gasteiger partial charge in [-0.2, -0.15) is 0 Å². The highest BCUT2D eigenvalue weighted by Gasteiger charge is 2.19. The second-order valence-electron chi connectivity index (χ2n) is 7.35. The summed E-state index contributed by atoms with van der Waals surface area (Å²) < 4.78 is 49.9. The van der Waals surface area contributed by atoms with Crippen molar-refractivity contribution in [1.29, 1.82) is 0 Å². The number of nitrogens with zero attached hydrogens (tertiary/aromatic N) is 1. The van der Waals surface area contributed by atoms with Crippen molar-refractivity contribution < 1.29 is 27.1 Å². The molecule has 0 aliphatic carbocycles. The molecule has 3 rings (SSSR count). The maximum Gasteiger partial charge on any atom is 0.251 e. The summed E-state index contributed by atoms with van der Waals surface area (Å²) in [6.45, 7) is 0.572. The highest BCUT2D eigenvalue weighted by Crippen LogP contribution is 2.26. The van der Waals surface area contributed by atoms with Crippen molar-refractivity contribution in [2.24, 2.45) is 0 Å². The van der Waals surface area contributed by atoms with E-state index in [1.165, 1.54) is 12.1 Å². The number of sulfonamides is 1. The van der Waals surface area contributed by atoms with Crippen LogP contribution in [0, 0.1) is 5.82 Å². The van der Waals surface area contributed by atoms with Gasteiger partial charge in [0, 0.05) is 11.6 Å². The summed E-state index contributed by atoms with van der Waals surface area (Å²) >= 11 is 5.81. The van der Waals surface area contributed by atoms with Gasteiger partial charge in [0.25, 0.3) is 5.91 Å². The minimum atomic E-state index is -3.66. The Morgan fingerprint density at radius 1 is 1.06 bits per heavy atom. The summed E-state index contributed by atoms with van der Waals surface area (Å²) in [5, 5.41) is 2.60. The standard InChI is InChI=1S/C24H24ClFN2O5S/c1-32-20-4-3-5-21(15-20)33-13-12-27-24(29)18-8-6-17(7-9-18)16-28(34(2,30)31)19-10-11-23(26)22(25)14-19/h3-11,14-15H,12-13,16H2,1-2H3,(H,27,29). The van der Waals surface area contributed by atoms with Crippen LogP contribution in [0.4, 0.5) is 10.1 Å². The summed E-state index contributed by atoms with van der Waals surface area (Å²) in [6.07, 6.45) is 1.06. The lowest BCUT2D eigenvalue weighted by Gasteiger charge is -2.23. The number of nitrogens with one attached hydrogen (secondary N) is 1. The van der Waals surface area contributed by atoms with E-state index in [2.05, 4.69) is 5.32 Å². The second kappa shape index (κ2) is 11.2. The topological polar surface area (TPSA) is 84.9 Å². The molecule has 0 heterocycles.